The first kappa shape index (κ1) is 11.7. The van der Waals surface area contributed by atoms with Crippen LogP contribution in [0.15, 0.2) is 5.11 Å². The predicted octanol–water partition coefficient (Wildman–Crippen LogP) is 1.78. The molecule has 1 aliphatic heterocycles. The normalized spacial score (nSPS) is 34.4. The maximum atomic E-state index is 9.63. The summed E-state index contributed by atoms with van der Waals surface area (Å²) in [4.78, 5) is 5.12. The van der Waals surface area contributed by atoms with E-state index in [0.29, 0.717) is 19.1 Å². The lowest BCUT2D eigenvalue weighted by Crippen LogP contribution is -2.37. The fourth-order valence-corrected chi connectivity index (χ4v) is 3.35. The number of aliphatic hydroxyl groups is 1. The first-order chi connectivity index (χ1) is 7.80. The van der Waals surface area contributed by atoms with Crippen molar-refractivity contribution in [1.29, 1.82) is 0 Å². The molecule has 0 amide bonds. The fraction of sp³-hybridized carbons (Fsp3) is 1.00. The highest BCUT2D eigenvalue weighted by Crippen LogP contribution is 2.46. The molecule has 90 valence electrons. The van der Waals surface area contributed by atoms with Gasteiger partial charge in [0.05, 0.1) is 6.61 Å². The van der Waals surface area contributed by atoms with Crippen molar-refractivity contribution in [2.45, 2.75) is 25.7 Å². The number of nitrogens with zero attached hydrogens (tertiary/aromatic N) is 4. The zero-order chi connectivity index (χ0) is 11.4. The molecule has 0 aromatic carbocycles. The molecule has 1 N–H and O–H groups in total. The Morgan fingerprint density at radius 2 is 2.38 bits per heavy atom. The lowest BCUT2D eigenvalue weighted by Gasteiger charge is -2.36. The molecule has 1 saturated heterocycles. The summed E-state index contributed by atoms with van der Waals surface area (Å²) < 4.78 is 0. The van der Waals surface area contributed by atoms with Gasteiger partial charge < -0.3 is 10.0 Å². The number of aliphatic hydroxyl groups excluding tert-OH is 1. The Hall–Kier alpha value is -0.770. The molecule has 0 aromatic rings. The van der Waals surface area contributed by atoms with Gasteiger partial charge in [-0.1, -0.05) is 18.0 Å². The first-order valence-electron chi connectivity index (χ1n) is 6.15. The van der Waals surface area contributed by atoms with Crippen molar-refractivity contribution in [3.8, 4) is 0 Å². The zero-order valence-electron chi connectivity index (χ0n) is 9.68. The minimum Gasteiger partial charge on any atom is -0.396 e. The van der Waals surface area contributed by atoms with Crippen molar-refractivity contribution in [2.75, 3.05) is 32.8 Å². The molecule has 0 aromatic heterocycles. The minimum atomic E-state index is 0.147. The van der Waals surface area contributed by atoms with Crippen LogP contribution in [0.1, 0.15) is 25.7 Å². The monoisotopic (exact) mass is 224 g/mol. The minimum absolute atomic E-state index is 0.147. The topological polar surface area (TPSA) is 72.2 Å². The molecule has 1 aliphatic carbocycles. The Labute approximate surface area is 96.1 Å². The summed E-state index contributed by atoms with van der Waals surface area (Å²) >= 11 is 0. The number of hydrogen-bond acceptors (Lipinski definition) is 3. The van der Waals surface area contributed by atoms with E-state index in [1.165, 1.54) is 19.3 Å². The number of rotatable bonds is 4. The summed E-state index contributed by atoms with van der Waals surface area (Å²) in [6, 6.07) is 0. The van der Waals surface area contributed by atoms with Gasteiger partial charge in [-0.25, -0.2) is 0 Å². The highest BCUT2D eigenvalue weighted by atomic mass is 16.3. The third-order valence-electron chi connectivity index (χ3n) is 4.25. The van der Waals surface area contributed by atoms with Gasteiger partial charge in [0.2, 0.25) is 0 Å². The Kier molecular flexibility index (Phi) is 3.69. The van der Waals surface area contributed by atoms with Crippen LogP contribution < -0.4 is 0 Å². The standard InChI is InChI=1S/C11H20N4O/c12-14-13-5-6-15-7-10-3-1-2-4-11(10,8-15)9-16/h10,16H,1-9H2/t10-,11+/m1/s1. The van der Waals surface area contributed by atoms with Crippen LogP contribution in [0.25, 0.3) is 10.4 Å². The molecule has 5 nitrogen and oxygen atoms in total. The van der Waals surface area contributed by atoms with E-state index in [2.05, 4.69) is 14.9 Å². The fourth-order valence-electron chi connectivity index (χ4n) is 3.35. The second-order valence-electron chi connectivity index (χ2n) is 5.15. The van der Waals surface area contributed by atoms with Crippen LogP contribution >= 0.6 is 0 Å². The molecule has 2 rings (SSSR count). The van der Waals surface area contributed by atoms with E-state index in [4.69, 9.17) is 5.53 Å². The van der Waals surface area contributed by atoms with Gasteiger partial charge in [-0.2, -0.15) is 0 Å². The molecule has 0 unspecified atom stereocenters. The van der Waals surface area contributed by atoms with Crippen molar-refractivity contribution in [1.82, 2.24) is 4.90 Å². The van der Waals surface area contributed by atoms with Gasteiger partial charge in [-0.05, 0) is 24.3 Å². The average Bonchev–Trinajstić information content (AvgIpc) is 2.68. The smallest absolute Gasteiger partial charge is 0.0502 e. The van der Waals surface area contributed by atoms with Crippen LogP contribution in [0, 0.1) is 11.3 Å². The highest BCUT2D eigenvalue weighted by molar-refractivity contribution is 4.98. The average molecular weight is 224 g/mol. The summed E-state index contributed by atoms with van der Waals surface area (Å²) in [7, 11) is 0. The van der Waals surface area contributed by atoms with E-state index < -0.39 is 0 Å². The third-order valence-corrected chi connectivity index (χ3v) is 4.25. The number of fused-ring (bicyclic) bond motifs is 1. The van der Waals surface area contributed by atoms with Gasteiger partial charge in [0.15, 0.2) is 0 Å². The molecule has 1 heterocycles. The highest BCUT2D eigenvalue weighted by Gasteiger charge is 2.46. The summed E-state index contributed by atoms with van der Waals surface area (Å²) in [5.41, 5.74) is 8.39. The maximum Gasteiger partial charge on any atom is 0.0502 e. The van der Waals surface area contributed by atoms with Crippen LogP contribution in [-0.4, -0.2) is 42.8 Å². The van der Waals surface area contributed by atoms with Crippen molar-refractivity contribution >= 4 is 0 Å². The van der Waals surface area contributed by atoms with E-state index in [0.717, 1.165) is 26.1 Å². The van der Waals surface area contributed by atoms with Crippen LogP contribution in [-0.2, 0) is 0 Å². The van der Waals surface area contributed by atoms with Crippen LogP contribution in [0.4, 0.5) is 0 Å². The molecule has 2 aliphatic rings. The number of hydrogen-bond donors (Lipinski definition) is 1. The lowest BCUT2D eigenvalue weighted by atomic mass is 9.69. The van der Waals surface area contributed by atoms with E-state index >= 15 is 0 Å². The van der Waals surface area contributed by atoms with Gasteiger partial charge in [0, 0.05) is 36.5 Å². The van der Waals surface area contributed by atoms with E-state index in [-0.39, 0.29) is 5.41 Å². The molecule has 0 radical (unpaired) electrons. The largest absolute Gasteiger partial charge is 0.396 e. The molecule has 2 fully saturated rings. The van der Waals surface area contributed by atoms with Crippen molar-refractivity contribution in [3.63, 3.8) is 0 Å². The van der Waals surface area contributed by atoms with Gasteiger partial charge in [0.25, 0.3) is 0 Å². The first-order valence-corrected chi connectivity index (χ1v) is 6.15. The Bertz CT molecular complexity index is 290. The lowest BCUT2D eigenvalue weighted by molar-refractivity contribution is 0.0584. The SMILES string of the molecule is [N-]=[N+]=NCCN1C[C@H]2CCCC[C@@]2(CO)C1. The second-order valence-corrected chi connectivity index (χ2v) is 5.15. The molecule has 2 atom stereocenters. The van der Waals surface area contributed by atoms with Crippen molar-refractivity contribution in [2.24, 2.45) is 16.4 Å². The molecular formula is C11H20N4O. The van der Waals surface area contributed by atoms with Gasteiger partial charge in [0.1, 0.15) is 0 Å². The molecule has 16 heavy (non-hydrogen) atoms. The van der Waals surface area contributed by atoms with Crippen molar-refractivity contribution in [3.05, 3.63) is 10.4 Å². The number of azide groups is 1. The summed E-state index contributed by atoms with van der Waals surface area (Å²) in [6.07, 6.45) is 4.96. The molecule has 0 bridgehead atoms. The van der Waals surface area contributed by atoms with E-state index in [1.807, 2.05) is 0 Å². The van der Waals surface area contributed by atoms with Gasteiger partial charge in [-0.3, -0.25) is 0 Å². The second kappa shape index (κ2) is 5.04. The van der Waals surface area contributed by atoms with Gasteiger partial charge in [-0.15, -0.1) is 0 Å². The molecule has 1 saturated carbocycles. The maximum absolute atomic E-state index is 9.63. The number of likely N-dealkylation sites (tertiary alicyclic amines) is 1. The zero-order valence-corrected chi connectivity index (χ0v) is 9.68. The predicted molar refractivity (Wildman–Crippen MR) is 61.9 cm³/mol. The Morgan fingerprint density at radius 1 is 1.50 bits per heavy atom. The Morgan fingerprint density at radius 3 is 3.06 bits per heavy atom. The Balaban J connectivity index is 1.94. The van der Waals surface area contributed by atoms with Crippen molar-refractivity contribution < 1.29 is 5.11 Å². The van der Waals surface area contributed by atoms with Crippen LogP contribution in [0.3, 0.4) is 0 Å². The van der Waals surface area contributed by atoms with Crippen LogP contribution in [0.2, 0.25) is 0 Å². The molecular weight excluding hydrogens is 204 g/mol. The molecule has 5 heteroatoms. The summed E-state index contributed by atoms with van der Waals surface area (Å²) in [5, 5.41) is 13.2. The van der Waals surface area contributed by atoms with Crippen LogP contribution in [0.5, 0.6) is 0 Å². The molecule has 0 spiro atoms. The van der Waals surface area contributed by atoms with E-state index in [9.17, 15) is 5.11 Å². The quantitative estimate of drug-likeness (QED) is 0.449. The van der Waals surface area contributed by atoms with Gasteiger partial charge >= 0.3 is 0 Å². The third kappa shape index (κ3) is 2.17. The summed E-state index contributed by atoms with van der Waals surface area (Å²) in [5.74, 6) is 0.650. The van der Waals surface area contributed by atoms with E-state index in [1.54, 1.807) is 0 Å². The summed E-state index contributed by atoms with van der Waals surface area (Å²) in [6.45, 7) is 3.75.